The van der Waals surface area contributed by atoms with Crippen LogP contribution in [0.3, 0.4) is 0 Å². The van der Waals surface area contributed by atoms with Gasteiger partial charge in [-0.2, -0.15) is 4.98 Å². The van der Waals surface area contributed by atoms with Crippen LogP contribution in [-0.2, 0) is 18.5 Å². The Morgan fingerprint density at radius 3 is 2.48 bits per heavy atom. The molecule has 2 aromatic carbocycles. The molecule has 3 aromatic rings. The SMILES string of the molecule is CC(C)c1cc(N2Cc3ccccc3C(C)(C)C2)nc(NCc2ccccc2)n1. The summed E-state index contributed by atoms with van der Waals surface area (Å²) in [6, 6.07) is 21.3. The molecule has 0 radical (unpaired) electrons. The molecule has 150 valence electrons. The molecule has 29 heavy (non-hydrogen) atoms. The zero-order valence-electron chi connectivity index (χ0n) is 17.8. The average Bonchev–Trinajstić information content (AvgIpc) is 2.72. The van der Waals surface area contributed by atoms with Crippen LogP contribution in [0.5, 0.6) is 0 Å². The maximum absolute atomic E-state index is 4.90. The van der Waals surface area contributed by atoms with E-state index in [-0.39, 0.29) is 5.41 Å². The van der Waals surface area contributed by atoms with Crippen LogP contribution in [0.15, 0.2) is 60.7 Å². The predicted octanol–water partition coefficient (Wildman–Crippen LogP) is 5.51. The monoisotopic (exact) mass is 386 g/mol. The van der Waals surface area contributed by atoms with Crippen LogP contribution in [-0.4, -0.2) is 16.5 Å². The normalized spacial score (nSPS) is 15.3. The molecule has 0 bridgehead atoms. The molecule has 1 aliphatic rings. The van der Waals surface area contributed by atoms with Crippen molar-refractivity contribution in [2.75, 3.05) is 16.8 Å². The third kappa shape index (κ3) is 4.26. The lowest BCUT2D eigenvalue weighted by atomic mass is 9.78. The summed E-state index contributed by atoms with van der Waals surface area (Å²) >= 11 is 0. The van der Waals surface area contributed by atoms with Crippen molar-refractivity contribution < 1.29 is 0 Å². The second-order valence-corrected chi connectivity index (χ2v) is 8.87. The van der Waals surface area contributed by atoms with E-state index in [1.54, 1.807) is 0 Å². The zero-order valence-corrected chi connectivity index (χ0v) is 17.8. The lowest BCUT2D eigenvalue weighted by Crippen LogP contribution is -2.42. The minimum absolute atomic E-state index is 0.0788. The van der Waals surface area contributed by atoms with Gasteiger partial charge in [-0.15, -0.1) is 0 Å². The standard InChI is InChI=1S/C25H30N4/c1-18(2)22-14-23(28-24(27-22)26-15-19-10-6-5-7-11-19)29-16-20-12-8-9-13-21(20)25(3,4)17-29/h5-14,18H,15-17H2,1-4H3,(H,26,27,28). The number of nitrogens with one attached hydrogen (secondary N) is 1. The summed E-state index contributed by atoms with van der Waals surface area (Å²) in [4.78, 5) is 12.1. The van der Waals surface area contributed by atoms with Gasteiger partial charge in [0.2, 0.25) is 5.95 Å². The maximum Gasteiger partial charge on any atom is 0.225 e. The maximum atomic E-state index is 4.90. The number of hydrogen-bond acceptors (Lipinski definition) is 4. The van der Waals surface area contributed by atoms with Crippen molar-refractivity contribution in [2.24, 2.45) is 0 Å². The van der Waals surface area contributed by atoms with E-state index in [1.807, 2.05) is 6.07 Å². The third-order valence-corrected chi connectivity index (χ3v) is 5.64. The number of anilines is 2. The molecule has 0 aliphatic carbocycles. The highest BCUT2D eigenvalue weighted by atomic mass is 15.2. The average molecular weight is 387 g/mol. The van der Waals surface area contributed by atoms with E-state index in [1.165, 1.54) is 16.7 Å². The fraction of sp³-hybridized carbons (Fsp3) is 0.360. The van der Waals surface area contributed by atoms with E-state index in [0.717, 1.165) is 31.1 Å². The summed E-state index contributed by atoms with van der Waals surface area (Å²) in [5, 5.41) is 3.43. The lowest BCUT2D eigenvalue weighted by Gasteiger charge is -2.40. The van der Waals surface area contributed by atoms with E-state index in [0.29, 0.717) is 11.9 Å². The van der Waals surface area contributed by atoms with Gasteiger partial charge >= 0.3 is 0 Å². The number of benzene rings is 2. The molecule has 0 fully saturated rings. The number of aromatic nitrogens is 2. The van der Waals surface area contributed by atoms with Gasteiger partial charge < -0.3 is 10.2 Å². The molecule has 1 aliphatic heterocycles. The highest BCUT2D eigenvalue weighted by Gasteiger charge is 2.32. The van der Waals surface area contributed by atoms with Gasteiger partial charge in [0.25, 0.3) is 0 Å². The van der Waals surface area contributed by atoms with Gasteiger partial charge in [0, 0.05) is 31.1 Å². The van der Waals surface area contributed by atoms with Gasteiger partial charge in [-0.25, -0.2) is 4.98 Å². The molecule has 1 aromatic heterocycles. The van der Waals surface area contributed by atoms with E-state index < -0.39 is 0 Å². The Bertz CT molecular complexity index is 979. The van der Waals surface area contributed by atoms with Crippen molar-refractivity contribution in [1.29, 1.82) is 0 Å². The van der Waals surface area contributed by atoms with Crippen LogP contribution in [0, 0.1) is 0 Å². The van der Waals surface area contributed by atoms with E-state index in [2.05, 4.69) is 92.5 Å². The second-order valence-electron chi connectivity index (χ2n) is 8.87. The molecule has 2 heterocycles. The van der Waals surface area contributed by atoms with Crippen LogP contribution in [0.2, 0.25) is 0 Å². The first-order valence-electron chi connectivity index (χ1n) is 10.4. The number of hydrogen-bond donors (Lipinski definition) is 1. The molecule has 0 atom stereocenters. The van der Waals surface area contributed by atoms with Crippen LogP contribution in [0.25, 0.3) is 0 Å². The number of fused-ring (bicyclic) bond motifs is 1. The highest BCUT2D eigenvalue weighted by Crippen LogP contribution is 2.35. The van der Waals surface area contributed by atoms with E-state index >= 15 is 0 Å². The predicted molar refractivity (Wildman–Crippen MR) is 120 cm³/mol. The molecule has 0 spiro atoms. The molecule has 4 heteroatoms. The number of nitrogens with zero attached hydrogens (tertiary/aromatic N) is 3. The van der Waals surface area contributed by atoms with Crippen molar-refractivity contribution >= 4 is 11.8 Å². The largest absolute Gasteiger partial charge is 0.351 e. The summed E-state index contributed by atoms with van der Waals surface area (Å²) < 4.78 is 0. The zero-order chi connectivity index (χ0) is 20.4. The fourth-order valence-electron chi connectivity index (χ4n) is 4.07. The Kier molecular flexibility index (Phi) is 5.27. The van der Waals surface area contributed by atoms with Crippen LogP contribution in [0.4, 0.5) is 11.8 Å². The molecule has 0 saturated heterocycles. The van der Waals surface area contributed by atoms with Gasteiger partial charge in [0.15, 0.2) is 0 Å². The van der Waals surface area contributed by atoms with E-state index in [4.69, 9.17) is 9.97 Å². The summed E-state index contributed by atoms with van der Waals surface area (Å²) in [5.41, 5.74) is 5.20. The van der Waals surface area contributed by atoms with Crippen molar-refractivity contribution in [3.63, 3.8) is 0 Å². The molecule has 4 rings (SSSR count). The van der Waals surface area contributed by atoms with Gasteiger partial charge in [-0.3, -0.25) is 0 Å². The smallest absolute Gasteiger partial charge is 0.225 e. The van der Waals surface area contributed by atoms with Crippen molar-refractivity contribution in [3.05, 3.63) is 83.0 Å². The third-order valence-electron chi connectivity index (χ3n) is 5.64. The summed E-state index contributed by atoms with van der Waals surface area (Å²) in [6.45, 7) is 11.5. The van der Waals surface area contributed by atoms with E-state index in [9.17, 15) is 0 Å². The summed E-state index contributed by atoms with van der Waals surface area (Å²) in [6.07, 6.45) is 0. The first kappa shape index (κ1) is 19.4. The lowest BCUT2D eigenvalue weighted by molar-refractivity contribution is 0.474. The summed E-state index contributed by atoms with van der Waals surface area (Å²) in [7, 11) is 0. The Balaban J connectivity index is 1.64. The topological polar surface area (TPSA) is 41.1 Å². The fourth-order valence-corrected chi connectivity index (χ4v) is 4.07. The molecular weight excluding hydrogens is 356 g/mol. The molecule has 4 nitrogen and oxygen atoms in total. The molecule has 0 saturated carbocycles. The van der Waals surface area contributed by atoms with Crippen molar-refractivity contribution in [3.8, 4) is 0 Å². The molecule has 0 unspecified atom stereocenters. The second kappa shape index (κ2) is 7.86. The highest BCUT2D eigenvalue weighted by molar-refractivity contribution is 5.51. The molecule has 0 amide bonds. The van der Waals surface area contributed by atoms with Crippen LogP contribution >= 0.6 is 0 Å². The van der Waals surface area contributed by atoms with Gasteiger partial charge in [0.1, 0.15) is 5.82 Å². The Labute approximate surface area is 174 Å². The first-order valence-corrected chi connectivity index (χ1v) is 10.4. The minimum atomic E-state index is 0.0788. The van der Waals surface area contributed by atoms with Crippen molar-refractivity contribution in [2.45, 2.75) is 52.1 Å². The van der Waals surface area contributed by atoms with Crippen LogP contribution in [0.1, 0.15) is 56.0 Å². The molecular formula is C25H30N4. The molecule has 1 N–H and O–H groups in total. The number of rotatable bonds is 5. The Morgan fingerprint density at radius 1 is 1.00 bits per heavy atom. The minimum Gasteiger partial charge on any atom is -0.351 e. The first-order chi connectivity index (χ1) is 13.9. The van der Waals surface area contributed by atoms with Crippen molar-refractivity contribution in [1.82, 2.24) is 9.97 Å². The van der Waals surface area contributed by atoms with Crippen LogP contribution < -0.4 is 10.2 Å². The Hall–Kier alpha value is -2.88. The van der Waals surface area contributed by atoms with Gasteiger partial charge in [-0.1, -0.05) is 82.3 Å². The van der Waals surface area contributed by atoms with Gasteiger partial charge in [-0.05, 0) is 22.6 Å². The summed E-state index contributed by atoms with van der Waals surface area (Å²) in [5.74, 6) is 2.05. The quantitative estimate of drug-likeness (QED) is 0.628. The Morgan fingerprint density at radius 2 is 1.72 bits per heavy atom. The van der Waals surface area contributed by atoms with Gasteiger partial charge in [0.05, 0.1) is 5.69 Å².